The molecule has 0 unspecified atom stereocenters. The molecule has 0 atom stereocenters. The molecule has 8 nitrogen and oxygen atoms in total. The van der Waals surface area contributed by atoms with E-state index < -0.39 is 5.41 Å². The highest BCUT2D eigenvalue weighted by Crippen LogP contribution is 2.37. The average Bonchev–Trinajstić information content (AvgIpc) is 3.23. The number of fused-ring (bicyclic) bond motifs is 1. The number of rotatable bonds is 7. The molecule has 3 aromatic rings. The van der Waals surface area contributed by atoms with E-state index in [2.05, 4.69) is 41.1 Å². The number of carbonyl (C=O) groups is 2. The lowest BCUT2D eigenvalue weighted by molar-refractivity contribution is -0.155. The molecule has 1 N–H and O–H groups in total. The van der Waals surface area contributed by atoms with Gasteiger partial charge in [0.15, 0.2) is 5.13 Å². The van der Waals surface area contributed by atoms with E-state index in [0.717, 1.165) is 32.2 Å². The van der Waals surface area contributed by atoms with Crippen molar-refractivity contribution in [2.24, 2.45) is 5.41 Å². The molecule has 1 amide bonds. The number of thiazole rings is 1. The lowest BCUT2D eigenvalue weighted by atomic mass is 9.80. The summed E-state index contributed by atoms with van der Waals surface area (Å²) >= 11 is 5.08. The molecule has 0 spiro atoms. The third-order valence-electron chi connectivity index (χ3n) is 6.06. The first-order chi connectivity index (χ1) is 16.3. The van der Waals surface area contributed by atoms with Gasteiger partial charge in [0.1, 0.15) is 0 Å². The first-order valence-corrected chi connectivity index (χ1v) is 13.1. The zero-order chi connectivity index (χ0) is 24.3. The largest absolute Gasteiger partial charge is 0.466 e. The van der Waals surface area contributed by atoms with Crippen molar-refractivity contribution in [3.8, 4) is 11.1 Å². The Morgan fingerprint density at radius 3 is 2.53 bits per heavy atom. The minimum atomic E-state index is -0.448. The Morgan fingerprint density at radius 1 is 1.18 bits per heavy atom. The summed E-state index contributed by atoms with van der Waals surface area (Å²) in [7, 11) is 0. The summed E-state index contributed by atoms with van der Waals surface area (Å²) in [6, 6.07) is 4.00. The molecule has 34 heavy (non-hydrogen) atoms. The summed E-state index contributed by atoms with van der Waals surface area (Å²) in [6.45, 7) is 7.59. The van der Waals surface area contributed by atoms with Crippen LogP contribution in [0.1, 0.15) is 46.5 Å². The van der Waals surface area contributed by atoms with Crippen molar-refractivity contribution in [2.75, 3.05) is 29.9 Å². The van der Waals surface area contributed by atoms with Crippen LogP contribution >= 0.6 is 27.3 Å². The number of hydrogen-bond acceptors (Lipinski definition) is 8. The van der Waals surface area contributed by atoms with Gasteiger partial charge in [-0.2, -0.15) is 0 Å². The number of anilines is 2. The number of carbonyl (C=O) groups excluding carboxylic acids is 2. The van der Waals surface area contributed by atoms with Gasteiger partial charge in [-0.1, -0.05) is 18.3 Å². The summed E-state index contributed by atoms with van der Waals surface area (Å²) in [5.41, 5.74) is 2.18. The smallest absolute Gasteiger partial charge is 0.311 e. The van der Waals surface area contributed by atoms with Gasteiger partial charge < -0.3 is 15.0 Å². The van der Waals surface area contributed by atoms with Crippen LogP contribution in [0.3, 0.4) is 0 Å². The monoisotopic (exact) mass is 545 g/mol. The summed E-state index contributed by atoms with van der Waals surface area (Å²) in [5.74, 6) is 0.508. The number of amides is 1. The van der Waals surface area contributed by atoms with Gasteiger partial charge in [-0.05, 0) is 66.7 Å². The van der Waals surface area contributed by atoms with Crippen LogP contribution in [-0.4, -0.2) is 46.5 Å². The Kier molecular flexibility index (Phi) is 7.47. The molecule has 1 saturated heterocycles. The van der Waals surface area contributed by atoms with E-state index >= 15 is 0 Å². The maximum Gasteiger partial charge on any atom is 0.311 e. The van der Waals surface area contributed by atoms with Crippen molar-refractivity contribution < 1.29 is 14.3 Å². The Hall–Kier alpha value is -2.59. The van der Waals surface area contributed by atoms with Crippen molar-refractivity contribution >= 4 is 60.4 Å². The van der Waals surface area contributed by atoms with E-state index in [4.69, 9.17) is 4.74 Å². The molecule has 1 aromatic carbocycles. The van der Waals surface area contributed by atoms with E-state index in [1.807, 2.05) is 45.3 Å². The maximum atomic E-state index is 12.3. The van der Waals surface area contributed by atoms with Crippen molar-refractivity contribution in [2.45, 2.75) is 46.5 Å². The van der Waals surface area contributed by atoms with Gasteiger partial charge in [-0.3, -0.25) is 9.59 Å². The quantitative estimate of drug-likeness (QED) is 0.395. The SMILES string of the molecule is CCCC(=O)Nc1nc2cc(-c3cnc(N4CCC(C)(C(=O)OCC)CC4)nc3)cc(Br)c2s1. The number of benzene rings is 1. The Labute approximate surface area is 211 Å². The molecule has 4 rings (SSSR count). The normalized spacial score (nSPS) is 15.4. The second-order valence-electron chi connectivity index (χ2n) is 8.66. The van der Waals surface area contributed by atoms with Gasteiger partial charge in [-0.15, -0.1) is 0 Å². The number of halogens is 1. The minimum absolute atomic E-state index is 0.0258. The lowest BCUT2D eigenvalue weighted by Gasteiger charge is -2.37. The predicted molar refractivity (Wildman–Crippen MR) is 138 cm³/mol. The number of hydrogen-bond donors (Lipinski definition) is 1. The maximum absolute atomic E-state index is 12.3. The van der Waals surface area contributed by atoms with Crippen molar-refractivity contribution in [1.82, 2.24) is 15.0 Å². The fourth-order valence-electron chi connectivity index (χ4n) is 3.96. The van der Waals surface area contributed by atoms with Crippen LogP contribution in [0.4, 0.5) is 11.1 Å². The topological polar surface area (TPSA) is 97.3 Å². The summed E-state index contributed by atoms with van der Waals surface area (Å²) in [4.78, 5) is 40.1. The first kappa shape index (κ1) is 24.5. The van der Waals surface area contributed by atoms with Crippen LogP contribution in [0.15, 0.2) is 29.0 Å². The minimum Gasteiger partial charge on any atom is -0.466 e. The molecule has 1 fully saturated rings. The highest BCUT2D eigenvalue weighted by Gasteiger charge is 2.38. The zero-order valence-corrected chi connectivity index (χ0v) is 22.0. The van der Waals surface area contributed by atoms with E-state index in [1.54, 1.807) is 0 Å². The van der Waals surface area contributed by atoms with E-state index in [0.29, 0.717) is 50.0 Å². The molecule has 0 aliphatic carbocycles. The average molecular weight is 546 g/mol. The van der Waals surface area contributed by atoms with Gasteiger partial charge in [0.25, 0.3) is 0 Å². The first-order valence-electron chi connectivity index (χ1n) is 11.5. The summed E-state index contributed by atoms with van der Waals surface area (Å²) < 4.78 is 7.13. The van der Waals surface area contributed by atoms with E-state index in [9.17, 15) is 9.59 Å². The van der Waals surface area contributed by atoms with Gasteiger partial charge in [-0.25, -0.2) is 15.0 Å². The van der Waals surface area contributed by atoms with Crippen LogP contribution in [0.2, 0.25) is 0 Å². The number of aromatic nitrogens is 3. The number of piperidine rings is 1. The number of esters is 1. The zero-order valence-electron chi connectivity index (χ0n) is 19.6. The molecule has 0 bridgehead atoms. The molecule has 0 radical (unpaired) electrons. The van der Waals surface area contributed by atoms with E-state index in [1.165, 1.54) is 11.3 Å². The molecular weight excluding hydrogens is 518 g/mol. The Balaban J connectivity index is 1.48. The highest BCUT2D eigenvalue weighted by molar-refractivity contribution is 9.10. The van der Waals surface area contributed by atoms with Gasteiger partial charge in [0.2, 0.25) is 11.9 Å². The molecule has 180 valence electrons. The lowest BCUT2D eigenvalue weighted by Crippen LogP contribution is -2.44. The Morgan fingerprint density at radius 2 is 1.88 bits per heavy atom. The molecule has 10 heteroatoms. The molecule has 1 aliphatic heterocycles. The molecule has 1 aliphatic rings. The van der Waals surface area contributed by atoms with Crippen LogP contribution in [0.25, 0.3) is 21.3 Å². The van der Waals surface area contributed by atoms with Gasteiger partial charge in [0, 0.05) is 41.9 Å². The van der Waals surface area contributed by atoms with Crippen LogP contribution in [-0.2, 0) is 14.3 Å². The van der Waals surface area contributed by atoms with Crippen LogP contribution in [0, 0.1) is 5.41 Å². The number of ether oxygens (including phenoxy) is 1. The van der Waals surface area contributed by atoms with Crippen molar-refractivity contribution in [3.63, 3.8) is 0 Å². The standard InChI is InChI=1S/C24H28BrN5O3S/c1-4-6-19(31)29-23-28-18-12-15(11-17(25)20(18)34-23)16-13-26-22(27-14-16)30-9-7-24(3,8-10-30)21(32)33-5-2/h11-14H,4-10H2,1-3H3,(H,28,29,31). The second-order valence-corrected chi connectivity index (χ2v) is 10.5. The summed E-state index contributed by atoms with van der Waals surface area (Å²) in [6.07, 6.45) is 6.31. The Bertz CT molecular complexity index is 1190. The van der Waals surface area contributed by atoms with E-state index in [-0.39, 0.29) is 11.9 Å². The molecule has 2 aromatic heterocycles. The van der Waals surface area contributed by atoms with Gasteiger partial charge >= 0.3 is 5.97 Å². The third-order valence-corrected chi connectivity index (χ3v) is 7.97. The van der Waals surface area contributed by atoms with Crippen LogP contribution < -0.4 is 10.2 Å². The molecular formula is C24H28BrN5O3S. The highest BCUT2D eigenvalue weighted by atomic mass is 79.9. The summed E-state index contributed by atoms with van der Waals surface area (Å²) in [5, 5.41) is 3.47. The van der Waals surface area contributed by atoms with Crippen LogP contribution in [0.5, 0.6) is 0 Å². The number of nitrogens with zero attached hydrogens (tertiary/aromatic N) is 4. The molecule has 3 heterocycles. The third kappa shape index (κ3) is 5.22. The second kappa shape index (κ2) is 10.4. The van der Waals surface area contributed by atoms with Crippen molar-refractivity contribution in [1.29, 1.82) is 0 Å². The molecule has 0 saturated carbocycles. The van der Waals surface area contributed by atoms with Crippen molar-refractivity contribution in [3.05, 3.63) is 29.0 Å². The predicted octanol–water partition coefficient (Wildman–Crippen LogP) is 5.42. The number of nitrogens with one attached hydrogen (secondary N) is 1. The fourth-order valence-corrected chi connectivity index (χ4v) is 5.52. The fraction of sp³-hybridized carbons (Fsp3) is 0.458. The van der Waals surface area contributed by atoms with Gasteiger partial charge in [0.05, 0.1) is 22.2 Å².